The van der Waals surface area contributed by atoms with Crippen LogP contribution in [0.1, 0.15) is 16.2 Å². The summed E-state index contributed by atoms with van der Waals surface area (Å²) in [4.78, 5) is 20.3. The van der Waals surface area contributed by atoms with Crippen LogP contribution in [0.25, 0.3) is 16.7 Å². The van der Waals surface area contributed by atoms with Gasteiger partial charge in [-0.15, -0.1) is 0 Å². The summed E-state index contributed by atoms with van der Waals surface area (Å²) < 4.78 is 40.6. The van der Waals surface area contributed by atoms with Gasteiger partial charge < -0.3 is 5.32 Å². The number of fused-ring (bicyclic) bond motifs is 1. The number of nitrogens with one attached hydrogen (secondary N) is 1. The van der Waals surface area contributed by atoms with Gasteiger partial charge in [0.05, 0.1) is 16.6 Å². The second kappa shape index (κ2) is 7.38. The van der Waals surface area contributed by atoms with E-state index in [0.717, 1.165) is 0 Å². The van der Waals surface area contributed by atoms with Crippen LogP contribution in [0.3, 0.4) is 0 Å². The van der Waals surface area contributed by atoms with Crippen molar-refractivity contribution < 1.29 is 18.0 Å². The second-order valence-electron chi connectivity index (χ2n) is 6.39. The lowest BCUT2D eigenvalue weighted by Crippen LogP contribution is -2.16. The molecule has 0 aliphatic carbocycles. The lowest BCUT2D eigenvalue weighted by Gasteiger charge is -2.12. The van der Waals surface area contributed by atoms with E-state index in [2.05, 4.69) is 15.3 Å². The van der Waals surface area contributed by atoms with E-state index in [9.17, 15) is 18.0 Å². The Bertz CT molecular complexity index is 1150. The van der Waals surface area contributed by atoms with Crippen LogP contribution in [0.15, 0.2) is 73.1 Å². The molecule has 0 unspecified atom stereocenters. The zero-order valence-electron chi connectivity index (χ0n) is 15.0. The van der Waals surface area contributed by atoms with Crippen LogP contribution in [0.4, 0.5) is 18.9 Å². The van der Waals surface area contributed by atoms with E-state index < -0.39 is 12.6 Å². The summed E-state index contributed by atoms with van der Waals surface area (Å²) in [5.74, 6) is -0.414. The lowest BCUT2D eigenvalue weighted by molar-refractivity contribution is -0.128. The number of anilines is 1. The fourth-order valence-electron chi connectivity index (χ4n) is 3.06. The molecule has 4 rings (SSSR count). The van der Waals surface area contributed by atoms with Crippen LogP contribution in [-0.4, -0.2) is 26.6 Å². The third-order valence-electron chi connectivity index (χ3n) is 4.30. The van der Waals surface area contributed by atoms with Crippen molar-refractivity contribution in [1.29, 1.82) is 0 Å². The maximum Gasteiger partial charge on any atom is 0.396 e. The van der Waals surface area contributed by atoms with Crippen molar-refractivity contribution in [2.24, 2.45) is 0 Å². The van der Waals surface area contributed by atoms with Gasteiger partial charge in [-0.1, -0.05) is 12.1 Å². The summed E-state index contributed by atoms with van der Waals surface area (Å²) in [5, 5.41) is 2.74. The minimum absolute atomic E-state index is 0.0918. The number of pyridine rings is 1. The first-order valence-corrected chi connectivity index (χ1v) is 8.76. The van der Waals surface area contributed by atoms with Crippen molar-refractivity contribution in [1.82, 2.24) is 14.5 Å². The molecule has 0 bridgehead atoms. The van der Waals surface area contributed by atoms with Crippen LogP contribution in [-0.2, 0) is 6.42 Å². The summed E-state index contributed by atoms with van der Waals surface area (Å²) in [7, 11) is 0. The minimum Gasteiger partial charge on any atom is -0.322 e. The van der Waals surface area contributed by atoms with E-state index in [0.29, 0.717) is 28.0 Å². The Hall–Kier alpha value is -3.68. The fourth-order valence-corrected chi connectivity index (χ4v) is 3.06. The van der Waals surface area contributed by atoms with Gasteiger partial charge >= 0.3 is 6.18 Å². The van der Waals surface area contributed by atoms with E-state index in [-0.39, 0.29) is 11.7 Å². The van der Waals surface area contributed by atoms with Crippen molar-refractivity contribution in [3.8, 4) is 5.69 Å². The van der Waals surface area contributed by atoms with E-state index >= 15 is 0 Å². The Kier molecular flexibility index (Phi) is 4.75. The smallest absolute Gasteiger partial charge is 0.322 e. The second-order valence-corrected chi connectivity index (χ2v) is 6.39. The van der Waals surface area contributed by atoms with Gasteiger partial charge in [-0.25, -0.2) is 4.98 Å². The number of alkyl halides is 3. The van der Waals surface area contributed by atoms with Gasteiger partial charge in [0.15, 0.2) is 0 Å². The van der Waals surface area contributed by atoms with Crippen molar-refractivity contribution in [2.75, 3.05) is 5.32 Å². The van der Waals surface area contributed by atoms with Gasteiger partial charge in [0, 0.05) is 23.8 Å². The van der Waals surface area contributed by atoms with E-state index in [1.54, 1.807) is 66.9 Å². The number of carbonyl (C=O) groups is 1. The largest absolute Gasteiger partial charge is 0.396 e. The Morgan fingerprint density at radius 2 is 1.76 bits per heavy atom. The predicted octanol–water partition coefficient (Wildman–Crippen LogP) is 4.78. The summed E-state index contributed by atoms with van der Waals surface area (Å²) in [6.45, 7) is 0. The number of hydrogen-bond acceptors (Lipinski definition) is 3. The Morgan fingerprint density at radius 1 is 1.00 bits per heavy atom. The Morgan fingerprint density at radius 3 is 2.45 bits per heavy atom. The quantitative estimate of drug-likeness (QED) is 0.540. The average Bonchev–Trinajstić information content (AvgIpc) is 3.05. The van der Waals surface area contributed by atoms with Gasteiger partial charge in [-0.2, -0.15) is 13.2 Å². The first-order chi connectivity index (χ1) is 13.9. The first kappa shape index (κ1) is 18.7. The number of hydrogen-bond donors (Lipinski definition) is 1. The molecule has 0 saturated carbocycles. The Labute approximate surface area is 163 Å². The lowest BCUT2D eigenvalue weighted by atomic mass is 10.2. The van der Waals surface area contributed by atoms with Gasteiger partial charge in [-0.05, 0) is 48.5 Å². The maximum absolute atomic E-state index is 13.0. The third kappa shape index (κ3) is 4.11. The summed E-state index contributed by atoms with van der Waals surface area (Å²) in [6, 6.07) is 16.7. The molecule has 29 heavy (non-hydrogen) atoms. The molecule has 2 aromatic carbocycles. The van der Waals surface area contributed by atoms with Crippen LogP contribution >= 0.6 is 0 Å². The van der Waals surface area contributed by atoms with Gasteiger partial charge in [0.1, 0.15) is 12.2 Å². The number of rotatable bonds is 4. The van der Waals surface area contributed by atoms with Crippen LogP contribution < -0.4 is 5.32 Å². The molecule has 0 saturated heterocycles. The maximum atomic E-state index is 13.0. The highest BCUT2D eigenvalue weighted by molar-refractivity contribution is 6.04. The van der Waals surface area contributed by atoms with Crippen molar-refractivity contribution in [3.05, 3.63) is 84.4 Å². The monoisotopic (exact) mass is 396 g/mol. The molecule has 0 spiro atoms. The molecular formula is C21H15F3N4O. The topological polar surface area (TPSA) is 59.8 Å². The summed E-state index contributed by atoms with van der Waals surface area (Å²) in [6.07, 6.45) is -2.50. The molecule has 0 aliphatic heterocycles. The number of para-hydroxylation sites is 2. The zero-order valence-corrected chi connectivity index (χ0v) is 15.0. The zero-order chi connectivity index (χ0) is 20.4. The molecule has 1 amide bonds. The number of benzene rings is 2. The predicted molar refractivity (Wildman–Crippen MR) is 103 cm³/mol. The fraction of sp³-hybridized carbons (Fsp3) is 0.0952. The molecule has 0 aliphatic rings. The van der Waals surface area contributed by atoms with E-state index in [4.69, 9.17) is 0 Å². The number of imidazole rings is 1. The van der Waals surface area contributed by atoms with Crippen LogP contribution in [0.5, 0.6) is 0 Å². The molecule has 2 heterocycles. The molecule has 0 radical (unpaired) electrons. The minimum atomic E-state index is -4.38. The van der Waals surface area contributed by atoms with Gasteiger partial charge in [-0.3, -0.25) is 14.3 Å². The molecule has 1 N–H and O–H groups in total. The normalized spacial score (nSPS) is 11.6. The highest BCUT2D eigenvalue weighted by Crippen LogP contribution is 2.27. The van der Waals surface area contributed by atoms with Crippen molar-refractivity contribution in [3.63, 3.8) is 0 Å². The average molecular weight is 396 g/mol. The number of aromatic nitrogens is 3. The first-order valence-electron chi connectivity index (χ1n) is 8.76. The molecule has 0 atom stereocenters. The standard InChI is InChI=1S/C21H15F3N4O/c22-21(23,24)12-19-27-17-5-1-2-6-18(17)28(19)16-9-7-15(8-10-16)26-20(29)14-4-3-11-25-13-14/h1-11,13H,12H2,(H,26,29). The van der Waals surface area contributed by atoms with Gasteiger partial charge in [0.25, 0.3) is 5.91 Å². The van der Waals surface area contributed by atoms with Crippen molar-refractivity contribution in [2.45, 2.75) is 12.6 Å². The molecule has 2 aromatic heterocycles. The number of nitrogens with zero attached hydrogens (tertiary/aromatic N) is 3. The molecule has 146 valence electrons. The van der Waals surface area contributed by atoms with E-state index in [1.807, 2.05) is 0 Å². The number of amides is 1. The molecule has 8 heteroatoms. The third-order valence-corrected chi connectivity index (χ3v) is 4.30. The van der Waals surface area contributed by atoms with E-state index in [1.165, 1.54) is 10.8 Å². The highest BCUT2D eigenvalue weighted by atomic mass is 19.4. The summed E-state index contributed by atoms with van der Waals surface area (Å²) in [5.41, 5.74) is 2.52. The van der Waals surface area contributed by atoms with Crippen LogP contribution in [0.2, 0.25) is 0 Å². The molecule has 4 aromatic rings. The molecular weight excluding hydrogens is 381 g/mol. The summed E-state index contributed by atoms with van der Waals surface area (Å²) >= 11 is 0. The van der Waals surface area contributed by atoms with Crippen LogP contribution in [0, 0.1) is 0 Å². The highest BCUT2D eigenvalue weighted by Gasteiger charge is 2.31. The molecule has 5 nitrogen and oxygen atoms in total. The SMILES string of the molecule is O=C(Nc1ccc(-n2c(CC(F)(F)F)nc3ccccc32)cc1)c1cccnc1. The number of carbonyl (C=O) groups excluding carboxylic acids is 1. The number of halogens is 3. The van der Waals surface area contributed by atoms with Crippen molar-refractivity contribution >= 4 is 22.6 Å². The van der Waals surface area contributed by atoms with Gasteiger partial charge in [0.2, 0.25) is 0 Å². The molecule has 0 fully saturated rings. The Balaban J connectivity index is 1.66.